The highest BCUT2D eigenvalue weighted by Crippen LogP contribution is 2.27. The van der Waals surface area contributed by atoms with Crippen molar-refractivity contribution < 1.29 is 19.7 Å². The number of rotatable bonds is 12. The molecular formula is C29H35NO4S. The molecule has 0 aliphatic heterocycles. The molecule has 5 nitrogen and oxygen atoms in total. The van der Waals surface area contributed by atoms with Crippen LogP contribution >= 0.6 is 11.3 Å². The SMILES string of the molecule is CCOC(=O)/C=C(\C)c1ccc(C[C@@H](C)N(C[C@H](O)c2ccccc2)C[C@H](O)c2ccccc2)s1. The summed E-state index contributed by atoms with van der Waals surface area (Å²) in [6.45, 7) is 7.01. The Balaban J connectivity index is 1.74. The zero-order valence-electron chi connectivity index (χ0n) is 20.6. The van der Waals surface area contributed by atoms with Crippen LogP contribution in [0.15, 0.2) is 78.9 Å². The third-order valence-corrected chi connectivity index (χ3v) is 7.22. The molecular weight excluding hydrogens is 458 g/mol. The Bertz CT molecular complexity index is 1030. The van der Waals surface area contributed by atoms with Gasteiger partial charge in [-0.25, -0.2) is 4.79 Å². The first-order valence-corrected chi connectivity index (χ1v) is 12.8. The number of esters is 1. The number of benzene rings is 2. The minimum Gasteiger partial charge on any atom is -0.463 e. The smallest absolute Gasteiger partial charge is 0.331 e. The van der Waals surface area contributed by atoms with E-state index in [2.05, 4.69) is 17.9 Å². The van der Waals surface area contributed by atoms with Crippen molar-refractivity contribution in [2.24, 2.45) is 0 Å². The average Bonchev–Trinajstić information content (AvgIpc) is 3.33. The van der Waals surface area contributed by atoms with Crippen LogP contribution in [-0.4, -0.2) is 46.8 Å². The molecule has 0 spiro atoms. The number of nitrogens with zero attached hydrogens (tertiary/aromatic N) is 1. The van der Waals surface area contributed by atoms with E-state index in [1.54, 1.807) is 18.3 Å². The third-order valence-electron chi connectivity index (χ3n) is 5.97. The van der Waals surface area contributed by atoms with E-state index in [-0.39, 0.29) is 12.0 Å². The maximum absolute atomic E-state index is 11.8. The molecule has 0 radical (unpaired) electrons. The van der Waals surface area contributed by atoms with Gasteiger partial charge in [-0.15, -0.1) is 11.3 Å². The van der Waals surface area contributed by atoms with Gasteiger partial charge in [0.2, 0.25) is 0 Å². The molecule has 2 aromatic carbocycles. The number of carbonyl (C=O) groups is 1. The summed E-state index contributed by atoms with van der Waals surface area (Å²) in [6, 6.07) is 23.4. The Morgan fingerprint density at radius 3 is 2.00 bits per heavy atom. The molecule has 0 aliphatic rings. The molecule has 0 amide bonds. The lowest BCUT2D eigenvalue weighted by atomic mass is 10.0. The summed E-state index contributed by atoms with van der Waals surface area (Å²) in [5.41, 5.74) is 2.59. The molecule has 0 fully saturated rings. The quantitative estimate of drug-likeness (QED) is 0.261. The van der Waals surface area contributed by atoms with Crippen LogP contribution in [0.1, 0.15) is 53.9 Å². The van der Waals surface area contributed by atoms with Gasteiger partial charge in [0.1, 0.15) is 0 Å². The van der Waals surface area contributed by atoms with E-state index in [1.165, 1.54) is 11.0 Å². The summed E-state index contributed by atoms with van der Waals surface area (Å²) >= 11 is 1.65. The lowest BCUT2D eigenvalue weighted by molar-refractivity contribution is -0.137. The average molecular weight is 494 g/mol. The van der Waals surface area contributed by atoms with Gasteiger partial charge in [-0.05, 0) is 56.0 Å². The van der Waals surface area contributed by atoms with Crippen molar-refractivity contribution in [3.63, 3.8) is 0 Å². The lowest BCUT2D eigenvalue weighted by Gasteiger charge is -2.32. The van der Waals surface area contributed by atoms with Crippen LogP contribution in [0.2, 0.25) is 0 Å². The highest BCUT2D eigenvalue weighted by molar-refractivity contribution is 7.13. The molecule has 3 aromatic rings. The number of aliphatic hydroxyl groups is 2. The van der Waals surface area contributed by atoms with Crippen LogP contribution in [0.25, 0.3) is 5.57 Å². The molecule has 6 heteroatoms. The molecule has 3 rings (SSSR count). The van der Waals surface area contributed by atoms with Crippen LogP contribution in [0.4, 0.5) is 0 Å². The largest absolute Gasteiger partial charge is 0.463 e. The second kappa shape index (κ2) is 13.4. The monoisotopic (exact) mass is 493 g/mol. The van der Waals surface area contributed by atoms with Crippen molar-refractivity contribution in [1.82, 2.24) is 4.90 Å². The number of aliphatic hydroxyl groups excluding tert-OH is 2. The summed E-state index contributed by atoms with van der Waals surface area (Å²) in [4.78, 5) is 16.1. The molecule has 0 bridgehead atoms. The van der Waals surface area contributed by atoms with E-state index < -0.39 is 12.2 Å². The lowest BCUT2D eigenvalue weighted by Crippen LogP contribution is -2.40. The first-order valence-electron chi connectivity index (χ1n) is 12.0. The Labute approximate surface area is 212 Å². The van der Waals surface area contributed by atoms with E-state index in [0.29, 0.717) is 19.7 Å². The third kappa shape index (κ3) is 8.15. The molecule has 0 saturated heterocycles. The predicted molar refractivity (Wildman–Crippen MR) is 142 cm³/mol. The number of allylic oxidation sites excluding steroid dienone is 1. The van der Waals surface area contributed by atoms with Gasteiger partial charge >= 0.3 is 5.97 Å². The van der Waals surface area contributed by atoms with Crippen molar-refractivity contribution in [2.75, 3.05) is 19.7 Å². The number of hydrogen-bond donors (Lipinski definition) is 2. The maximum Gasteiger partial charge on any atom is 0.331 e. The van der Waals surface area contributed by atoms with Crippen LogP contribution < -0.4 is 0 Å². The van der Waals surface area contributed by atoms with Crippen molar-refractivity contribution in [3.05, 3.63) is 99.8 Å². The van der Waals surface area contributed by atoms with Gasteiger partial charge in [0.25, 0.3) is 0 Å². The topological polar surface area (TPSA) is 70.0 Å². The van der Waals surface area contributed by atoms with Crippen molar-refractivity contribution in [2.45, 2.75) is 45.4 Å². The normalized spacial score (nSPS) is 14.5. The van der Waals surface area contributed by atoms with Gasteiger partial charge in [-0.1, -0.05) is 60.7 Å². The number of thiophene rings is 1. The number of ether oxygens (including phenoxy) is 1. The fourth-order valence-corrected chi connectivity index (χ4v) is 5.09. The zero-order valence-corrected chi connectivity index (χ0v) is 21.4. The molecule has 1 aromatic heterocycles. The van der Waals surface area contributed by atoms with Crippen LogP contribution in [0, 0.1) is 0 Å². The predicted octanol–water partition coefficient (Wildman–Crippen LogP) is 5.41. The highest BCUT2D eigenvalue weighted by atomic mass is 32.1. The molecule has 2 N–H and O–H groups in total. The number of hydrogen-bond acceptors (Lipinski definition) is 6. The summed E-state index contributed by atoms with van der Waals surface area (Å²) in [5.74, 6) is -0.329. The van der Waals surface area contributed by atoms with Crippen LogP contribution in [-0.2, 0) is 16.0 Å². The first-order chi connectivity index (χ1) is 16.9. The molecule has 0 saturated carbocycles. The van der Waals surface area contributed by atoms with Gasteiger partial charge in [-0.2, -0.15) is 0 Å². The van der Waals surface area contributed by atoms with E-state index in [1.807, 2.05) is 73.7 Å². The van der Waals surface area contributed by atoms with Crippen molar-refractivity contribution in [3.8, 4) is 0 Å². The highest BCUT2D eigenvalue weighted by Gasteiger charge is 2.23. The van der Waals surface area contributed by atoms with E-state index in [0.717, 1.165) is 28.0 Å². The van der Waals surface area contributed by atoms with Gasteiger partial charge in [0.05, 0.1) is 18.8 Å². The van der Waals surface area contributed by atoms with Gasteiger partial charge in [0.15, 0.2) is 0 Å². The molecule has 1 heterocycles. The summed E-state index contributed by atoms with van der Waals surface area (Å²) in [5, 5.41) is 21.8. The Hall–Kier alpha value is -2.77. The Kier molecular flexibility index (Phi) is 10.2. The van der Waals surface area contributed by atoms with Crippen LogP contribution in [0.5, 0.6) is 0 Å². The minimum absolute atomic E-state index is 0.0765. The fraction of sp³-hybridized carbons (Fsp3) is 0.345. The zero-order chi connectivity index (χ0) is 25.2. The molecule has 186 valence electrons. The summed E-state index contributed by atoms with van der Waals surface area (Å²) in [7, 11) is 0. The molecule has 0 unspecified atom stereocenters. The van der Waals surface area contributed by atoms with Crippen molar-refractivity contribution >= 4 is 22.9 Å². The second-order valence-electron chi connectivity index (χ2n) is 8.71. The molecule has 35 heavy (non-hydrogen) atoms. The molecule has 0 aliphatic carbocycles. The van der Waals surface area contributed by atoms with Gasteiger partial charge in [-0.3, -0.25) is 4.90 Å². The van der Waals surface area contributed by atoms with Gasteiger partial charge in [0, 0.05) is 35.0 Å². The molecule has 3 atom stereocenters. The number of carbonyl (C=O) groups excluding carboxylic acids is 1. The summed E-state index contributed by atoms with van der Waals surface area (Å²) < 4.78 is 5.02. The summed E-state index contributed by atoms with van der Waals surface area (Å²) in [6.07, 6.45) is 0.979. The van der Waals surface area contributed by atoms with Crippen molar-refractivity contribution in [1.29, 1.82) is 0 Å². The Morgan fingerprint density at radius 1 is 0.943 bits per heavy atom. The van der Waals surface area contributed by atoms with E-state index in [9.17, 15) is 15.0 Å². The maximum atomic E-state index is 11.8. The minimum atomic E-state index is -0.657. The van der Waals surface area contributed by atoms with Crippen LogP contribution in [0.3, 0.4) is 0 Å². The van der Waals surface area contributed by atoms with E-state index >= 15 is 0 Å². The standard InChI is InChI=1S/C29H35NO4S/c1-4-34-29(33)17-21(2)28-16-15-25(35-28)18-22(3)30(19-26(31)23-11-7-5-8-12-23)20-27(32)24-13-9-6-10-14-24/h5-17,22,26-27,31-32H,4,18-20H2,1-3H3/b21-17+/t22-,26+,27+/m1/s1. The first kappa shape index (κ1) is 26.8. The van der Waals surface area contributed by atoms with Gasteiger partial charge < -0.3 is 14.9 Å². The fourth-order valence-electron chi connectivity index (χ4n) is 3.99. The van der Waals surface area contributed by atoms with E-state index in [4.69, 9.17) is 4.74 Å². The Morgan fingerprint density at radius 2 is 1.49 bits per heavy atom. The second-order valence-corrected chi connectivity index (χ2v) is 9.87.